The maximum atomic E-state index is 12.8. The van der Waals surface area contributed by atoms with Crippen LogP contribution in [0.25, 0.3) is 0 Å². The Morgan fingerprint density at radius 2 is 2.00 bits per heavy atom. The molecule has 0 aliphatic carbocycles. The first-order valence-corrected chi connectivity index (χ1v) is 7.41. The van der Waals surface area contributed by atoms with Crippen molar-refractivity contribution >= 4 is 28.9 Å². The lowest BCUT2D eigenvalue weighted by molar-refractivity contribution is 0.0985. The van der Waals surface area contributed by atoms with E-state index in [2.05, 4.69) is 0 Å². The van der Waals surface area contributed by atoms with Crippen molar-refractivity contribution in [3.8, 4) is 0 Å². The van der Waals surface area contributed by atoms with Gasteiger partial charge in [-0.2, -0.15) is 0 Å². The molecule has 4 heteroatoms. The third-order valence-electron chi connectivity index (χ3n) is 3.95. The highest BCUT2D eigenvalue weighted by Gasteiger charge is 2.26. The second-order valence-electron chi connectivity index (χ2n) is 5.34. The molecule has 0 spiro atoms. The number of hydrogen-bond acceptors (Lipinski definition) is 2. The summed E-state index contributed by atoms with van der Waals surface area (Å²) in [6, 6.07) is 11.3. The van der Waals surface area contributed by atoms with Crippen LogP contribution in [0.2, 0.25) is 5.02 Å². The van der Waals surface area contributed by atoms with Crippen LogP contribution in [0.15, 0.2) is 36.4 Å². The molecule has 1 aliphatic heterocycles. The molecule has 0 unspecified atom stereocenters. The van der Waals surface area contributed by atoms with Crippen LogP contribution in [0.3, 0.4) is 0 Å². The molecule has 1 heterocycles. The van der Waals surface area contributed by atoms with Gasteiger partial charge in [-0.1, -0.05) is 29.8 Å². The average Bonchev–Trinajstić information content (AvgIpc) is 2.49. The van der Waals surface area contributed by atoms with Crippen LogP contribution in [-0.2, 0) is 6.42 Å². The molecule has 3 nitrogen and oxygen atoms in total. The number of carbonyl (C=O) groups is 1. The molecule has 1 aliphatic rings. The molecule has 1 amide bonds. The summed E-state index contributed by atoms with van der Waals surface area (Å²) >= 11 is 6.29. The number of nitrogens with zero attached hydrogens (tertiary/aromatic N) is 1. The SMILES string of the molecule is Cc1cccc(C(=O)N2CCCc3c(N)cccc32)c1Cl. The van der Waals surface area contributed by atoms with Crippen molar-refractivity contribution < 1.29 is 4.79 Å². The largest absolute Gasteiger partial charge is 0.398 e. The molecule has 0 bridgehead atoms. The normalized spacial score (nSPS) is 13.9. The van der Waals surface area contributed by atoms with Gasteiger partial charge in [0, 0.05) is 17.9 Å². The highest BCUT2D eigenvalue weighted by molar-refractivity contribution is 6.35. The van der Waals surface area contributed by atoms with Crippen LogP contribution in [0.1, 0.15) is 27.9 Å². The molecule has 3 rings (SSSR count). The first-order valence-electron chi connectivity index (χ1n) is 7.04. The van der Waals surface area contributed by atoms with Gasteiger partial charge in [0.15, 0.2) is 0 Å². The molecule has 0 atom stereocenters. The van der Waals surface area contributed by atoms with Crippen molar-refractivity contribution in [2.75, 3.05) is 17.2 Å². The second kappa shape index (κ2) is 5.41. The van der Waals surface area contributed by atoms with Crippen LogP contribution in [-0.4, -0.2) is 12.5 Å². The van der Waals surface area contributed by atoms with Crippen molar-refractivity contribution in [1.82, 2.24) is 0 Å². The van der Waals surface area contributed by atoms with Gasteiger partial charge in [0.1, 0.15) is 0 Å². The van der Waals surface area contributed by atoms with Crippen molar-refractivity contribution in [1.29, 1.82) is 0 Å². The highest BCUT2D eigenvalue weighted by atomic mass is 35.5. The number of anilines is 2. The topological polar surface area (TPSA) is 46.3 Å². The smallest absolute Gasteiger partial charge is 0.259 e. The minimum atomic E-state index is -0.0600. The molecular formula is C17H17ClN2O. The molecule has 2 aromatic rings. The molecule has 0 saturated heterocycles. The Morgan fingerprint density at radius 1 is 1.24 bits per heavy atom. The van der Waals surface area contributed by atoms with E-state index in [-0.39, 0.29) is 5.91 Å². The van der Waals surface area contributed by atoms with Gasteiger partial charge in [-0.05, 0) is 49.1 Å². The van der Waals surface area contributed by atoms with E-state index >= 15 is 0 Å². The van der Waals surface area contributed by atoms with Crippen molar-refractivity contribution in [2.45, 2.75) is 19.8 Å². The lowest BCUT2D eigenvalue weighted by Crippen LogP contribution is -2.36. The Labute approximate surface area is 129 Å². The molecule has 0 fully saturated rings. The summed E-state index contributed by atoms with van der Waals surface area (Å²) in [5.74, 6) is -0.0600. The van der Waals surface area contributed by atoms with Crippen molar-refractivity contribution in [3.63, 3.8) is 0 Å². The lowest BCUT2D eigenvalue weighted by Gasteiger charge is -2.30. The van der Waals surface area contributed by atoms with E-state index in [0.29, 0.717) is 17.1 Å². The number of aryl methyl sites for hydroxylation is 1. The zero-order valence-corrected chi connectivity index (χ0v) is 12.7. The van der Waals surface area contributed by atoms with Crippen LogP contribution in [0.5, 0.6) is 0 Å². The molecule has 108 valence electrons. The number of carbonyl (C=O) groups excluding carboxylic acids is 1. The summed E-state index contributed by atoms with van der Waals surface area (Å²) in [4.78, 5) is 14.6. The van der Waals surface area contributed by atoms with Crippen LogP contribution in [0, 0.1) is 6.92 Å². The summed E-state index contributed by atoms with van der Waals surface area (Å²) in [5.41, 5.74) is 10.2. The van der Waals surface area contributed by atoms with Gasteiger partial charge < -0.3 is 10.6 Å². The van der Waals surface area contributed by atoms with Gasteiger partial charge in [0.05, 0.1) is 10.6 Å². The van der Waals surface area contributed by atoms with Crippen LogP contribution in [0.4, 0.5) is 11.4 Å². The van der Waals surface area contributed by atoms with E-state index < -0.39 is 0 Å². The van der Waals surface area contributed by atoms with Crippen LogP contribution >= 0.6 is 11.6 Å². The Hall–Kier alpha value is -2.00. The monoisotopic (exact) mass is 300 g/mol. The number of fused-ring (bicyclic) bond motifs is 1. The zero-order chi connectivity index (χ0) is 15.0. The van der Waals surface area contributed by atoms with Gasteiger partial charge in [-0.25, -0.2) is 0 Å². The number of rotatable bonds is 1. The minimum Gasteiger partial charge on any atom is -0.398 e. The fourth-order valence-electron chi connectivity index (χ4n) is 2.82. The summed E-state index contributed by atoms with van der Waals surface area (Å²) < 4.78 is 0. The third kappa shape index (κ3) is 2.38. The molecule has 2 aromatic carbocycles. The standard InChI is InChI=1S/C17H17ClN2O/c1-11-5-2-6-13(16(11)18)17(21)20-10-4-7-12-14(19)8-3-9-15(12)20/h2-3,5-6,8-9H,4,7,10,19H2,1H3. The number of nitrogens with two attached hydrogens (primary N) is 1. The van der Waals surface area contributed by atoms with Crippen LogP contribution < -0.4 is 10.6 Å². The number of halogens is 1. The molecule has 0 radical (unpaired) electrons. The number of benzene rings is 2. The molecule has 0 saturated carbocycles. The van der Waals surface area contributed by atoms with E-state index in [1.165, 1.54) is 0 Å². The average molecular weight is 301 g/mol. The second-order valence-corrected chi connectivity index (χ2v) is 5.72. The minimum absolute atomic E-state index is 0.0600. The van der Waals surface area contributed by atoms with E-state index in [9.17, 15) is 4.79 Å². The summed E-state index contributed by atoms with van der Waals surface area (Å²) in [6.45, 7) is 2.60. The summed E-state index contributed by atoms with van der Waals surface area (Å²) in [6.07, 6.45) is 1.82. The van der Waals surface area contributed by atoms with Gasteiger partial charge in [-0.15, -0.1) is 0 Å². The number of hydrogen-bond donors (Lipinski definition) is 1. The molecule has 0 aromatic heterocycles. The van der Waals surface area contributed by atoms with E-state index in [1.807, 2.05) is 37.3 Å². The number of nitrogen functional groups attached to an aromatic ring is 1. The summed E-state index contributed by atoms with van der Waals surface area (Å²) in [5, 5.41) is 0.526. The Kier molecular flexibility index (Phi) is 3.60. The first-order chi connectivity index (χ1) is 10.1. The third-order valence-corrected chi connectivity index (χ3v) is 4.46. The van der Waals surface area contributed by atoms with E-state index in [1.54, 1.807) is 11.0 Å². The predicted octanol–water partition coefficient (Wildman–Crippen LogP) is 3.82. The fraction of sp³-hybridized carbons (Fsp3) is 0.235. The molecular weight excluding hydrogens is 284 g/mol. The Bertz CT molecular complexity index is 712. The molecule has 2 N–H and O–H groups in total. The maximum absolute atomic E-state index is 12.8. The molecule has 21 heavy (non-hydrogen) atoms. The Morgan fingerprint density at radius 3 is 2.81 bits per heavy atom. The van der Waals surface area contributed by atoms with Gasteiger partial charge in [-0.3, -0.25) is 4.79 Å². The number of amides is 1. The highest BCUT2D eigenvalue weighted by Crippen LogP contribution is 2.33. The van der Waals surface area contributed by atoms with Crippen molar-refractivity contribution in [2.24, 2.45) is 0 Å². The van der Waals surface area contributed by atoms with Gasteiger partial charge >= 0.3 is 0 Å². The summed E-state index contributed by atoms with van der Waals surface area (Å²) in [7, 11) is 0. The lowest BCUT2D eigenvalue weighted by atomic mass is 9.99. The predicted molar refractivity (Wildman–Crippen MR) is 87.0 cm³/mol. The quantitative estimate of drug-likeness (QED) is 0.814. The van der Waals surface area contributed by atoms with E-state index in [0.717, 1.165) is 35.3 Å². The fourth-order valence-corrected chi connectivity index (χ4v) is 3.03. The van der Waals surface area contributed by atoms with Gasteiger partial charge in [0.25, 0.3) is 5.91 Å². The maximum Gasteiger partial charge on any atom is 0.259 e. The van der Waals surface area contributed by atoms with Gasteiger partial charge in [0.2, 0.25) is 0 Å². The zero-order valence-electron chi connectivity index (χ0n) is 11.9. The first kappa shape index (κ1) is 14.0. The van der Waals surface area contributed by atoms with Crippen molar-refractivity contribution in [3.05, 3.63) is 58.1 Å². The Balaban J connectivity index is 2.05. The van der Waals surface area contributed by atoms with E-state index in [4.69, 9.17) is 17.3 Å².